The van der Waals surface area contributed by atoms with E-state index in [1.807, 2.05) is 18.5 Å². The van der Waals surface area contributed by atoms with Crippen LogP contribution in [0.4, 0.5) is 0 Å². The minimum Gasteiger partial charge on any atom is -0.481 e. The van der Waals surface area contributed by atoms with Crippen LogP contribution in [0.5, 0.6) is 0 Å². The van der Waals surface area contributed by atoms with Gasteiger partial charge in [0.1, 0.15) is 0 Å². The maximum atomic E-state index is 10.9. The molecule has 2 rings (SSSR count). The molecule has 1 N–H and O–H groups in total. The van der Waals surface area contributed by atoms with Gasteiger partial charge in [0.15, 0.2) is 0 Å². The summed E-state index contributed by atoms with van der Waals surface area (Å²) in [6, 6.07) is 6.35. The summed E-state index contributed by atoms with van der Waals surface area (Å²) in [5.74, 6) is -0.817. The summed E-state index contributed by atoms with van der Waals surface area (Å²) >= 11 is 0. The lowest BCUT2D eigenvalue weighted by molar-refractivity contribution is -0.136. The molecule has 0 spiro atoms. The fourth-order valence-corrected chi connectivity index (χ4v) is 2.43. The molecule has 4 nitrogen and oxygen atoms in total. The van der Waals surface area contributed by atoms with E-state index in [1.54, 1.807) is 0 Å². The third kappa shape index (κ3) is 2.90. The maximum Gasteiger partial charge on any atom is 0.307 e. The molecule has 1 aromatic heterocycles. The summed E-state index contributed by atoms with van der Waals surface area (Å²) < 4.78 is 1.90. The number of hydrogen-bond acceptors (Lipinski definition) is 2. The largest absolute Gasteiger partial charge is 0.481 e. The molecule has 0 aliphatic rings. The van der Waals surface area contributed by atoms with Gasteiger partial charge in [-0.05, 0) is 38.8 Å². The highest BCUT2D eigenvalue weighted by atomic mass is 16.4. The summed E-state index contributed by atoms with van der Waals surface area (Å²) in [4.78, 5) is 10.9. The van der Waals surface area contributed by atoms with Crippen molar-refractivity contribution in [3.05, 3.63) is 51.8 Å². The number of nitrogens with zero attached hydrogens (tertiary/aromatic N) is 2. The molecule has 0 fully saturated rings. The lowest BCUT2D eigenvalue weighted by Crippen LogP contribution is -2.07. The van der Waals surface area contributed by atoms with Crippen LogP contribution in [0.1, 0.15) is 33.6 Å². The summed E-state index contributed by atoms with van der Waals surface area (Å²) in [5, 5.41) is 13.4. The van der Waals surface area contributed by atoms with E-state index in [1.165, 1.54) is 16.7 Å². The van der Waals surface area contributed by atoms with E-state index in [9.17, 15) is 4.79 Å². The Labute approximate surface area is 119 Å². The van der Waals surface area contributed by atoms with Crippen LogP contribution in [0.15, 0.2) is 18.2 Å². The topological polar surface area (TPSA) is 55.1 Å². The first kappa shape index (κ1) is 14.3. The minimum atomic E-state index is -0.817. The number of aromatic nitrogens is 2. The predicted octanol–water partition coefficient (Wildman–Crippen LogP) is 2.79. The SMILES string of the molecule is Cc1ccc(C)c(Cn2nc(C)c(CC(=O)O)c2C)c1. The van der Waals surface area contributed by atoms with Gasteiger partial charge in [-0.15, -0.1) is 0 Å². The molecule has 0 unspecified atom stereocenters. The molecule has 0 bridgehead atoms. The van der Waals surface area contributed by atoms with Crippen molar-refractivity contribution in [1.82, 2.24) is 9.78 Å². The van der Waals surface area contributed by atoms with Gasteiger partial charge in [0.25, 0.3) is 0 Å². The quantitative estimate of drug-likeness (QED) is 0.931. The Balaban J connectivity index is 2.35. The lowest BCUT2D eigenvalue weighted by atomic mass is 10.1. The first-order valence-electron chi connectivity index (χ1n) is 6.69. The van der Waals surface area contributed by atoms with Crippen molar-refractivity contribution in [2.24, 2.45) is 0 Å². The number of aliphatic carboxylic acids is 1. The second-order valence-corrected chi connectivity index (χ2v) is 5.31. The van der Waals surface area contributed by atoms with Crippen LogP contribution in [-0.4, -0.2) is 20.9 Å². The van der Waals surface area contributed by atoms with Gasteiger partial charge in [-0.1, -0.05) is 23.8 Å². The number of carbonyl (C=O) groups is 1. The van der Waals surface area contributed by atoms with E-state index in [2.05, 4.69) is 37.1 Å². The maximum absolute atomic E-state index is 10.9. The van der Waals surface area contributed by atoms with E-state index in [-0.39, 0.29) is 6.42 Å². The first-order chi connectivity index (χ1) is 9.38. The zero-order valence-electron chi connectivity index (χ0n) is 12.4. The predicted molar refractivity (Wildman–Crippen MR) is 78.1 cm³/mol. The second kappa shape index (κ2) is 5.49. The molecule has 0 radical (unpaired) electrons. The van der Waals surface area contributed by atoms with Gasteiger partial charge in [0.05, 0.1) is 18.7 Å². The molecule has 0 saturated heterocycles. The normalized spacial score (nSPS) is 10.8. The van der Waals surface area contributed by atoms with E-state index in [0.717, 1.165) is 17.0 Å². The van der Waals surface area contributed by atoms with Crippen molar-refractivity contribution in [3.63, 3.8) is 0 Å². The van der Waals surface area contributed by atoms with Crippen molar-refractivity contribution in [2.45, 2.75) is 40.7 Å². The Hall–Kier alpha value is -2.10. The summed E-state index contributed by atoms with van der Waals surface area (Å²) in [7, 11) is 0. The first-order valence-corrected chi connectivity index (χ1v) is 6.69. The standard InChI is InChI=1S/C16H20N2O2/c1-10-5-6-11(2)14(7-10)9-18-13(4)15(8-16(19)20)12(3)17-18/h5-7H,8-9H2,1-4H3,(H,19,20). The number of hydrogen-bond donors (Lipinski definition) is 1. The molecule has 1 aromatic carbocycles. The molecule has 4 heteroatoms. The van der Waals surface area contributed by atoms with Gasteiger partial charge >= 0.3 is 5.97 Å². The molecule has 2 aromatic rings. The third-order valence-electron chi connectivity index (χ3n) is 3.68. The van der Waals surface area contributed by atoms with E-state index in [0.29, 0.717) is 6.54 Å². The fraction of sp³-hybridized carbons (Fsp3) is 0.375. The van der Waals surface area contributed by atoms with Crippen LogP contribution in [0.2, 0.25) is 0 Å². The summed E-state index contributed by atoms with van der Waals surface area (Å²) in [5.41, 5.74) is 6.22. The highest BCUT2D eigenvalue weighted by Gasteiger charge is 2.14. The van der Waals surface area contributed by atoms with Crippen LogP contribution < -0.4 is 0 Å². The van der Waals surface area contributed by atoms with Crippen LogP contribution >= 0.6 is 0 Å². The number of carboxylic acid groups (broad SMARTS) is 1. The van der Waals surface area contributed by atoms with Crippen molar-refractivity contribution >= 4 is 5.97 Å². The van der Waals surface area contributed by atoms with Crippen LogP contribution in [0.3, 0.4) is 0 Å². The van der Waals surface area contributed by atoms with Gasteiger partial charge in [-0.25, -0.2) is 0 Å². The summed E-state index contributed by atoms with van der Waals surface area (Å²) in [6.45, 7) is 8.63. The number of aryl methyl sites for hydroxylation is 3. The average molecular weight is 272 g/mol. The monoisotopic (exact) mass is 272 g/mol. The van der Waals surface area contributed by atoms with Crippen molar-refractivity contribution in [1.29, 1.82) is 0 Å². The van der Waals surface area contributed by atoms with E-state index < -0.39 is 5.97 Å². The van der Waals surface area contributed by atoms with Crippen molar-refractivity contribution in [3.8, 4) is 0 Å². The smallest absolute Gasteiger partial charge is 0.307 e. The van der Waals surface area contributed by atoms with Crippen LogP contribution in [-0.2, 0) is 17.8 Å². The molecular formula is C16H20N2O2. The fourth-order valence-electron chi connectivity index (χ4n) is 2.43. The zero-order chi connectivity index (χ0) is 14.9. The molecule has 106 valence electrons. The molecule has 0 aliphatic carbocycles. The Morgan fingerprint density at radius 2 is 1.95 bits per heavy atom. The van der Waals surface area contributed by atoms with Crippen LogP contribution in [0, 0.1) is 27.7 Å². The number of benzene rings is 1. The molecule has 0 aliphatic heterocycles. The Morgan fingerprint density at radius 1 is 1.25 bits per heavy atom. The molecule has 20 heavy (non-hydrogen) atoms. The molecule has 0 amide bonds. The highest BCUT2D eigenvalue weighted by Crippen LogP contribution is 2.17. The Morgan fingerprint density at radius 3 is 2.60 bits per heavy atom. The number of carboxylic acids is 1. The molecule has 0 saturated carbocycles. The second-order valence-electron chi connectivity index (χ2n) is 5.31. The Kier molecular flexibility index (Phi) is 3.93. The Bertz CT molecular complexity index is 657. The van der Waals surface area contributed by atoms with Gasteiger partial charge in [-0.2, -0.15) is 5.10 Å². The van der Waals surface area contributed by atoms with Gasteiger partial charge < -0.3 is 5.11 Å². The van der Waals surface area contributed by atoms with Gasteiger partial charge in [0.2, 0.25) is 0 Å². The van der Waals surface area contributed by atoms with Gasteiger partial charge in [-0.3, -0.25) is 9.48 Å². The van der Waals surface area contributed by atoms with E-state index in [4.69, 9.17) is 5.11 Å². The molecule has 0 atom stereocenters. The van der Waals surface area contributed by atoms with Gasteiger partial charge in [0, 0.05) is 11.3 Å². The van der Waals surface area contributed by atoms with E-state index >= 15 is 0 Å². The minimum absolute atomic E-state index is 0.0322. The number of rotatable bonds is 4. The highest BCUT2D eigenvalue weighted by molar-refractivity contribution is 5.70. The zero-order valence-corrected chi connectivity index (χ0v) is 12.4. The van der Waals surface area contributed by atoms with Crippen LogP contribution in [0.25, 0.3) is 0 Å². The molecular weight excluding hydrogens is 252 g/mol. The van der Waals surface area contributed by atoms with Crippen molar-refractivity contribution in [2.75, 3.05) is 0 Å². The summed E-state index contributed by atoms with van der Waals surface area (Å²) in [6.07, 6.45) is 0.0322. The lowest BCUT2D eigenvalue weighted by Gasteiger charge is -2.09. The third-order valence-corrected chi connectivity index (χ3v) is 3.68. The van der Waals surface area contributed by atoms with Crippen molar-refractivity contribution < 1.29 is 9.90 Å². The average Bonchev–Trinajstić information content (AvgIpc) is 2.61. The molecule has 1 heterocycles.